The Labute approximate surface area is 143 Å². The summed E-state index contributed by atoms with van der Waals surface area (Å²) >= 11 is 0. The van der Waals surface area contributed by atoms with E-state index in [4.69, 9.17) is 18.9 Å². The molecule has 0 bridgehead atoms. The predicted molar refractivity (Wildman–Crippen MR) is 85.0 cm³/mol. The molecule has 0 radical (unpaired) electrons. The van der Waals surface area contributed by atoms with Crippen molar-refractivity contribution in [2.45, 2.75) is 72.4 Å². The number of carbonyl (C=O) groups excluding carboxylic acids is 3. The van der Waals surface area contributed by atoms with Crippen LogP contribution in [-0.2, 0) is 33.3 Å². The molecule has 0 N–H and O–H groups in total. The zero-order chi connectivity index (χ0) is 18.4. The van der Waals surface area contributed by atoms with Crippen LogP contribution in [0.5, 0.6) is 0 Å². The van der Waals surface area contributed by atoms with Gasteiger partial charge in [0.1, 0.15) is 12.2 Å². The molecular formula is C17H28O7. The Morgan fingerprint density at radius 1 is 0.958 bits per heavy atom. The molecule has 1 rings (SSSR count). The summed E-state index contributed by atoms with van der Waals surface area (Å²) < 4.78 is 21.9. The molecule has 0 aromatic carbocycles. The molecule has 138 valence electrons. The van der Waals surface area contributed by atoms with Gasteiger partial charge in [-0.2, -0.15) is 0 Å². The van der Waals surface area contributed by atoms with E-state index in [1.807, 2.05) is 20.8 Å². The van der Waals surface area contributed by atoms with Gasteiger partial charge in [0.2, 0.25) is 0 Å². The quantitative estimate of drug-likeness (QED) is 0.537. The summed E-state index contributed by atoms with van der Waals surface area (Å²) in [5, 5.41) is 0. The second kappa shape index (κ2) is 9.01. The van der Waals surface area contributed by atoms with E-state index < -0.39 is 30.1 Å². The molecule has 24 heavy (non-hydrogen) atoms. The van der Waals surface area contributed by atoms with Gasteiger partial charge >= 0.3 is 17.9 Å². The molecular weight excluding hydrogens is 316 g/mol. The van der Waals surface area contributed by atoms with Gasteiger partial charge in [-0.1, -0.05) is 6.92 Å². The maximum Gasteiger partial charge on any atom is 0.303 e. The van der Waals surface area contributed by atoms with Gasteiger partial charge in [0.25, 0.3) is 0 Å². The minimum atomic E-state index is -0.673. The fourth-order valence-electron chi connectivity index (χ4n) is 3.06. The van der Waals surface area contributed by atoms with Gasteiger partial charge in [0.05, 0.1) is 18.8 Å². The smallest absolute Gasteiger partial charge is 0.303 e. The van der Waals surface area contributed by atoms with Crippen molar-refractivity contribution in [3.05, 3.63) is 0 Å². The maximum absolute atomic E-state index is 11.5. The standard InChI is InChI=1S/C17H28O7/c1-9(2)22-15-7-14(8-21-11(4)18)17(24-13(6)20)16(10(15)3)23-12(5)19/h9-10,14-17H,7-8H2,1-6H3/t10-,14-,15+,16-,17-/m0/s1. The number of hydrogen-bond acceptors (Lipinski definition) is 7. The summed E-state index contributed by atoms with van der Waals surface area (Å²) in [5.74, 6) is -1.81. The van der Waals surface area contributed by atoms with Crippen molar-refractivity contribution in [2.75, 3.05) is 6.61 Å². The van der Waals surface area contributed by atoms with Crippen LogP contribution in [0.25, 0.3) is 0 Å². The van der Waals surface area contributed by atoms with Crippen molar-refractivity contribution in [3.63, 3.8) is 0 Å². The molecule has 7 heteroatoms. The van der Waals surface area contributed by atoms with Gasteiger partial charge in [-0.3, -0.25) is 14.4 Å². The Hall–Kier alpha value is -1.63. The molecule has 0 aliphatic heterocycles. The molecule has 0 saturated heterocycles. The van der Waals surface area contributed by atoms with Crippen molar-refractivity contribution >= 4 is 17.9 Å². The largest absolute Gasteiger partial charge is 0.465 e. The Morgan fingerprint density at radius 2 is 1.50 bits per heavy atom. The van der Waals surface area contributed by atoms with Gasteiger partial charge in [-0.05, 0) is 20.3 Å². The van der Waals surface area contributed by atoms with Crippen LogP contribution in [0.3, 0.4) is 0 Å². The first kappa shape index (κ1) is 20.4. The molecule has 1 fully saturated rings. The minimum absolute atomic E-state index is 0.00456. The minimum Gasteiger partial charge on any atom is -0.465 e. The highest BCUT2D eigenvalue weighted by molar-refractivity contribution is 5.67. The van der Waals surface area contributed by atoms with E-state index in [2.05, 4.69) is 0 Å². The fourth-order valence-corrected chi connectivity index (χ4v) is 3.06. The van der Waals surface area contributed by atoms with Crippen LogP contribution in [0.2, 0.25) is 0 Å². The Bertz CT molecular complexity index is 460. The van der Waals surface area contributed by atoms with Crippen LogP contribution in [0.4, 0.5) is 0 Å². The summed E-state index contributed by atoms with van der Waals surface area (Å²) in [5.41, 5.74) is 0. The van der Waals surface area contributed by atoms with Crippen molar-refractivity contribution in [3.8, 4) is 0 Å². The molecule has 1 saturated carbocycles. The van der Waals surface area contributed by atoms with E-state index in [9.17, 15) is 14.4 Å². The SMILES string of the molecule is CC(=O)OC[C@@H]1C[C@@H](OC(C)C)[C@H](C)[C@H](OC(C)=O)[C@H]1OC(C)=O. The molecule has 1 aliphatic rings. The van der Waals surface area contributed by atoms with Crippen molar-refractivity contribution in [1.29, 1.82) is 0 Å². The molecule has 5 atom stereocenters. The van der Waals surface area contributed by atoms with Gasteiger partial charge in [-0.25, -0.2) is 0 Å². The lowest BCUT2D eigenvalue weighted by molar-refractivity contribution is -0.201. The molecule has 0 aromatic heterocycles. The number of rotatable bonds is 6. The Balaban J connectivity index is 3.06. The molecule has 0 spiro atoms. The van der Waals surface area contributed by atoms with E-state index in [0.717, 1.165) is 0 Å². The zero-order valence-electron chi connectivity index (χ0n) is 15.2. The summed E-state index contributed by atoms with van der Waals surface area (Å²) in [6.45, 7) is 9.76. The third-order valence-corrected chi connectivity index (χ3v) is 3.98. The first-order chi connectivity index (χ1) is 11.1. The molecule has 1 aliphatic carbocycles. The first-order valence-corrected chi connectivity index (χ1v) is 8.25. The van der Waals surface area contributed by atoms with Gasteiger partial charge in [-0.15, -0.1) is 0 Å². The number of esters is 3. The third-order valence-electron chi connectivity index (χ3n) is 3.98. The first-order valence-electron chi connectivity index (χ1n) is 8.25. The molecule has 0 unspecified atom stereocenters. The monoisotopic (exact) mass is 344 g/mol. The highest BCUT2D eigenvalue weighted by Crippen LogP contribution is 2.36. The lowest BCUT2D eigenvalue weighted by Gasteiger charge is -2.44. The third kappa shape index (κ3) is 6.11. The summed E-state index contributed by atoms with van der Waals surface area (Å²) in [4.78, 5) is 34.1. The normalized spacial score (nSPS) is 29.9. The maximum atomic E-state index is 11.5. The highest BCUT2D eigenvalue weighted by atomic mass is 16.6. The van der Waals surface area contributed by atoms with Gasteiger partial charge < -0.3 is 18.9 Å². The summed E-state index contributed by atoms with van der Waals surface area (Å²) in [7, 11) is 0. The lowest BCUT2D eigenvalue weighted by Crippen LogP contribution is -2.54. The second-order valence-corrected chi connectivity index (χ2v) is 6.53. The van der Waals surface area contributed by atoms with Crippen molar-refractivity contribution in [2.24, 2.45) is 11.8 Å². The van der Waals surface area contributed by atoms with Gasteiger partial charge in [0.15, 0.2) is 0 Å². The van der Waals surface area contributed by atoms with Crippen LogP contribution < -0.4 is 0 Å². The van der Waals surface area contributed by atoms with Crippen LogP contribution in [0.1, 0.15) is 48.0 Å². The average molecular weight is 344 g/mol. The lowest BCUT2D eigenvalue weighted by atomic mass is 9.76. The highest BCUT2D eigenvalue weighted by Gasteiger charge is 2.47. The molecule has 7 nitrogen and oxygen atoms in total. The van der Waals surface area contributed by atoms with Crippen LogP contribution in [0.15, 0.2) is 0 Å². The van der Waals surface area contributed by atoms with Crippen molar-refractivity contribution < 1.29 is 33.3 Å². The second-order valence-electron chi connectivity index (χ2n) is 6.53. The average Bonchev–Trinajstić information content (AvgIpc) is 2.42. The van der Waals surface area contributed by atoms with Crippen LogP contribution in [0, 0.1) is 11.8 Å². The topological polar surface area (TPSA) is 88.1 Å². The Kier molecular flexibility index (Phi) is 7.66. The Morgan fingerprint density at radius 3 is 1.96 bits per heavy atom. The number of hydrogen-bond donors (Lipinski definition) is 0. The van der Waals surface area contributed by atoms with E-state index >= 15 is 0 Å². The van der Waals surface area contributed by atoms with Gasteiger partial charge in [0, 0.05) is 32.6 Å². The predicted octanol–water partition coefficient (Wildman–Crippen LogP) is 1.86. The van der Waals surface area contributed by atoms with E-state index in [1.54, 1.807) is 0 Å². The van der Waals surface area contributed by atoms with Crippen LogP contribution >= 0.6 is 0 Å². The molecule has 0 heterocycles. The number of ether oxygens (including phenoxy) is 4. The summed E-state index contributed by atoms with van der Waals surface area (Å²) in [6.07, 6.45) is -0.975. The van der Waals surface area contributed by atoms with Crippen molar-refractivity contribution in [1.82, 2.24) is 0 Å². The van der Waals surface area contributed by atoms with E-state index in [0.29, 0.717) is 6.42 Å². The van der Waals surface area contributed by atoms with Crippen LogP contribution in [-0.4, -0.2) is 48.9 Å². The van der Waals surface area contributed by atoms with E-state index in [1.165, 1.54) is 20.8 Å². The zero-order valence-corrected chi connectivity index (χ0v) is 15.2. The molecule has 0 aromatic rings. The summed E-state index contributed by atoms with van der Waals surface area (Å²) in [6, 6.07) is 0. The molecule has 0 amide bonds. The fraction of sp³-hybridized carbons (Fsp3) is 0.824. The number of carbonyl (C=O) groups is 3. The van der Waals surface area contributed by atoms with E-state index in [-0.39, 0.29) is 30.7 Å².